The Balaban J connectivity index is 1.51. The third-order valence-corrected chi connectivity index (χ3v) is 3.93. The highest BCUT2D eigenvalue weighted by molar-refractivity contribution is 6.04. The zero-order valence-electron chi connectivity index (χ0n) is 13.9. The summed E-state index contributed by atoms with van der Waals surface area (Å²) in [6.07, 6.45) is 5.64. The van der Waals surface area contributed by atoms with Crippen LogP contribution in [0.25, 0.3) is 23.1 Å². The fraction of sp³-hybridized carbons (Fsp3) is 0. The summed E-state index contributed by atoms with van der Waals surface area (Å²) in [5.74, 6) is 0.0210. The van der Waals surface area contributed by atoms with Crippen LogP contribution in [0.1, 0.15) is 21.8 Å². The standard InChI is InChI=1S/C22H16N2O2/c25-22(21-15-17-7-1-2-10-20(17)26-21)24-19-9-5-6-16(14-19)11-12-18-8-3-4-13-23-18/h1-15H,(H,24,25)/b12-11+. The summed E-state index contributed by atoms with van der Waals surface area (Å²) in [5.41, 5.74) is 3.26. The molecule has 4 heteroatoms. The van der Waals surface area contributed by atoms with Gasteiger partial charge in [0.1, 0.15) is 5.58 Å². The first kappa shape index (κ1) is 15.8. The molecule has 0 fully saturated rings. The number of nitrogens with one attached hydrogen (secondary N) is 1. The number of furan rings is 1. The highest BCUT2D eigenvalue weighted by Gasteiger charge is 2.12. The van der Waals surface area contributed by atoms with Crippen LogP contribution in [-0.2, 0) is 0 Å². The second-order valence-corrected chi connectivity index (χ2v) is 5.82. The lowest BCUT2D eigenvalue weighted by molar-refractivity contribution is 0.0998. The van der Waals surface area contributed by atoms with Gasteiger partial charge in [0.15, 0.2) is 5.76 Å². The second-order valence-electron chi connectivity index (χ2n) is 5.82. The van der Waals surface area contributed by atoms with E-state index in [4.69, 9.17) is 4.42 Å². The number of hydrogen-bond acceptors (Lipinski definition) is 3. The number of nitrogens with zero attached hydrogens (tertiary/aromatic N) is 1. The first-order chi connectivity index (χ1) is 12.8. The van der Waals surface area contributed by atoms with Gasteiger partial charge < -0.3 is 9.73 Å². The molecule has 2 aromatic carbocycles. The van der Waals surface area contributed by atoms with E-state index >= 15 is 0 Å². The van der Waals surface area contributed by atoms with Gasteiger partial charge in [-0.15, -0.1) is 0 Å². The minimum Gasteiger partial charge on any atom is -0.451 e. The number of amides is 1. The normalized spacial score (nSPS) is 11.1. The molecule has 0 saturated heterocycles. The van der Waals surface area contributed by atoms with E-state index < -0.39 is 0 Å². The van der Waals surface area contributed by atoms with E-state index in [1.165, 1.54) is 0 Å². The third-order valence-electron chi connectivity index (χ3n) is 3.93. The number of rotatable bonds is 4. The van der Waals surface area contributed by atoms with Crippen LogP contribution in [-0.4, -0.2) is 10.9 Å². The van der Waals surface area contributed by atoms with Crippen molar-refractivity contribution in [1.82, 2.24) is 4.98 Å². The Bertz CT molecular complexity index is 1050. The zero-order chi connectivity index (χ0) is 17.8. The predicted octanol–water partition coefficient (Wildman–Crippen LogP) is 5.25. The molecular weight excluding hydrogens is 324 g/mol. The van der Waals surface area contributed by atoms with Gasteiger partial charge in [0, 0.05) is 17.3 Å². The molecule has 0 saturated carbocycles. The Kier molecular flexibility index (Phi) is 4.31. The topological polar surface area (TPSA) is 55.1 Å². The number of anilines is 1. The van der Waals surface area contributed by atoms with E-state index in [0.717, 1.165) is 16.6 Å². The van der Waals surface area contributed by atoms with Gasteiger partial charge in [0.2, 0.25) is 0 Å². The fourth-order valence-electron chi connectivity index (χ4n) is 2.66. The number of aromatic nitrogens is 1. The molecular formula is C22H16N2O2. The predicted molar refractivity (Wildman–Crippen MR) is 104 cm³/mol. The highest BCUT2D eigenvalue weighted by Crippen LogP contribution is 2.20. The summed E-state index contributed by atoms with van der Waals surface area (Å²) in [7, 11) is 0. The van der Waals surface area contributed by atoms with Gasteiger partial charge in [-0.1, -0.05) is 42.5 Å². The van der Waals surface area contributed by atoms with E-state index in [0.29, 0.717) is 17.0 Å². The van der Waals surface area contributed by atoms with Crippen molar-refractivity contribution in [2.45, 2.75) is 0 Å². The summed E-state index contributed by atoms with van der Waals surface area (Å²) < 4.78 is 5.60. The molecule has 0 unspecified atom stereocenters. The molecule has 4 nitrogen and oxygen atoms in total. The van der Waals surface area contributed by atoms with Crippen molar-refractivity contribution in [3.05, 3.63) is 96.0 Å². The van der Waals surface area contributed by atoms with Crippen LogP contribution in [0.3, 0.4) is 0 Å². The molecule has 4 rings (SSSR count). The lowest BCUT2D eigenvalue weighted by Crippen LogP contribution is -2.10. The Labute approximate surface area is 150 Å². The quantitative estimate of drug-likeness (QED) is 0.552. The molecule has 0 aliphatic heterocycles. The van der Waals surface area contributed by atoms with Gasteiger partial charge in [-0.05, 0) is 48.0 Å². The smallest absolute Gasteiger partial charge is 0.291 e. The lowest BCUT2D eigenvalue weighted by atomic mass is 10.1. The summed E-state index contributed by atoms with van der Waals surface area (Å²) in [6.45, 7) is 0. The first-order valence-corrected chi connectivity index (χ1v) is 8.27. The Hall–Kier alpha value is -3.66. The van der Waals surface area contributed by atoms with Gasteiger partial charge in [-0.2, -0.15) is 0 Å². The Morgan fingerprint density at radius 2 is 1.81 bits per heavy atom. The highest BCUT2D eigenvalue weighted by atomic mass is 16.3. The summed E-state index contributed by atoms with van der Waals surface area (Å²) in [6, 6.07) is 22.7. The third kappa shape index (κ3) is 3.54. The number of fused-ring (bicyclic) bond motifs is 1. The van der Waals surface area contributed by atoms with Crippen molar-refractivity contribution in [2.75, 3.05) is 5.32 Å². The van der Waals surface area contributed by atoms with Crippen LogP contribution in [0, 0.1) is 0 Å². The maximum Gasteiger partial charge on any atom is 0.291 e. The molecule has 0 radical (unpaired) electrons. The van der Waals surface area contributed by atoms with Crippen molar-refractivity contribution in [1.29, 1.82) is 0 Å². The number of carbonyl (C=O) groups excluding carboxylic acids is 1. The van der Waals surface area contributed by atoms with E-state index in [2.05, 4.69) is 10.3 Å². The summed E-state index contributed by atoms with van der Waals surface area (Å²) >= 11 is 0. The van der Waals surface area contributed by atoms with Gasteiger partial charge in [-0.3, -0.25) is 9.78 Å². The maximum atomic E-state index is 12.4. The molecule has 1 amide bonds. The molecule has 0 atom stereocenters. The first-order valence-electron chi connectivity index (χ1n) is 8.27. The second kappa shape index (κ2) is 7.07. The van der Waals surface area contributed by atoms with Crippen LogP contribution in [0.2, 0.25) is 0 Å². The SMILES string of the molecule is O=C(Nc1cccc(/C=C/c2ccccn2)c1)c1cc2ccccc2o1. The number of benzene rings is 2. The van der Waals surface area contributed by atoms with Crippen LogP contribution < -0.4 is 5.32 Å². The van der Waals surface area contributed by atoms with Crippen molar-refractivity contribution in [3.63, 3.8) is 0 Å². The molecule has 0 aliphatic rings. The van der Waals surface area contributed by atoms with Gasteiger partial charge >= 0.3 is 0 Å². The molecule has 2 aromatic heterocycles. The molecule has 4 aromatic rings. The zero-order valence-corrected chi connectivity index (χ0v) is 13.9. The molecule has 2 heterocycles. The van der Waals surface area contributed by atoms with Crippen LogP contribution in [0.4, 0.5) is 5.69 Å². The van der Waals surface area contributed by atoms with Crippen molar-refractivity contribution >= 4 is 34.7 Å². The van der Waals surface area contributed by atoms with E-state index in [-0.39, 0.29) is 5.91 Å². The Morgan fingerprint density at radius 3 is 2.65 bits per heavy atom. The largest absolute Gasteiger partial charge is 0.451 e. The minimum absolute atomic E-state index is 0.271. The van der Waals surface area contributed by atoms with Crippen LogP contribution >= 0.6 is 0 Å². The number of carbonyl (C=O) groups is 1. The van der Waals surface area contributed by atoms with Crippen molar-refractivity contribution in [2.24, 2.45) is 0 Å². The fourth-order valence-corrected chi connectivity index (χ4v) is 2.66. The van der Waals surface area contributed by atoms with Gasteiger partial charge in [0.05, 0.1) is 5.69 Å². The molecule has 1 N–H and O–H groups in total. The minimum atomic E-state index is -0.271. The average molecular weight is 340 g/mol. The van der Waals surface area contributed by atoms with Crippen LogP contribution in [0.5, 0.6) is 0 Å². The lowest BCUT2D eigenvalue weighted by Gasteiger charge is -2.04. The molecule has 0 bridgehead atoms. The van der Waals surface area contributed by atoms with Crippen molar-refractivity contribution in [3.8, 4) is 0 Å². The summed E-state index contributed by atoms with van der Waals surface area (Å²) in [4.78, 5) is 16.7. The van der Waals surface area contributed by atoms with Gasteiger partial charge in [-0.25, -0.2) is 0 Å². The Morgan fingerprint density at radius 1 is 0.923 bits per heavy atom. The van der Waals surface area contributed by atoms with Crippen LogP contribution in [0.15, 0.2) is 83.4 Å². The van der Waals surface area contributed by atoms with E-state index in [9.17, 15) is 4.79 Å². The number of para-hydroxylation sites is 1. The summed E-state index contributed by atoms with van der Waals surface area (Å²) in [5, 5.41) is 3.78. The van der Waals surface area contributed by atoms with Crippen molar-refractivity contribution < 1.29 is 9.21 Å². The monoisotopic (exact) mass is 340 g/mol. The molecule has 0 aliphatic carbocycles. The number of hydrogen-bond donors (Lipinski definition) is 1. The van der Waals surface area contributed by atoms with E-state index in [1.54, 1.807) is 12.3 Å². The molecule has 0 spiro atoms. The molecule has 126 valence electrons. The van der Waals surface area contributed by atoms with E-state index in [1.807, 2.05) is 78.9 Å². The average Bonchev–Trinajstić information content (AvgIpc) is 3.12. The van der Waals surface area contributed by atoms with Gasteiger partial charge in [0.25, 0.3) is 5.91 Å². The molecule has 26 heavy (non-hydrogen) atoms. The maximum absolute atomic E-state index is 12.4. The number of pyridine rings is 1.